The summed E-state index contributed by atoms with van der Waals surface area (Å²) in [6.07, 6.45) is 0.604. The van der Waals surface area contributed by atoms with Crippen molar-refractivity contribution >= 4 is 16.9 Å². The van der Waals surface area contributed by atoms with Crippen LogP contribution in [0, 0.1) is 0 Å². The fourth-order valence-corrected chi connectivity index (χ4v) is 3.79. The Labute approximate surface area is 189 Å². The maximum atomic E-state index is 13.6. The van der Waals surface area contributed by atoms with Crippen LogP contribution in [-0.2, 0) is 0 Å². The van der Waals surface area contributed by atoms with E-state index < -0.39 is 0 Å². The molecule has 7 heteroatoms. The molecule has 1 aromatic heterocycles. The SMILES string of the molecule is CCC(c1nc2ccccc2c(=O)n1-c1ccc(OC)cc1)N(CC)C(=O)NC(C)(C)C. The van der Waals surface area contributed by atoms with Crippen molar-refractivity contribution in [3.8, 4) is 11.4 Å². The molecule has 1 heterocycles. The number of nitrogens with one attached hydrogen (secondary N) is 1. The molecule has 3 rings (SSSR count). The number of urea groups is 1. The molecule has 32 heavy (non-hydrogen) atoms. The van der Waals surface area contributed by atoms with Gasteiger partial charge < -0.3 is 15.0 Å². The number of benzene rings is 2. The zero-order valence-electron chi connectivity index (χ0n) is 19.7. The van der Waals surface area contributed by atoms with Crippen molar-refractivity contribution in [3.63, 3.8) is 0 Å². The monoisotopic (exact) mass is 436 g/mol. The number of rotatable bonds is 6. The first kappa shape index (κ1) is 23.3. The van der Waals surface area contributed by atoms with Crippen LogP contribution >= 0.6 is 0 Å². The van der Waals surface area contributed by atoms with E-state index in [0.717, 1.165) is 0 Å². The Kier molecular flexibility index (Phi) is 6.87. The number of methoxy groups -OCH3 is 1. The van der Waals surface area contributed by atoms with E-state index >= 15 is 0 Å². The minimum atomic E-state index is -0.387. The van der Waals surface area contributed by atoms with Gasteiger partial charge in [0.05, 0.1) is 29.7 Å². The van der Waals surface area contributed by atoms with Gasteiger partial charge in [-0.1, -0.05) is 19.1 Å². The van der Waals surface area contributed by atoms with Crippen LogP contribution in [0.3, 0.4) is 0 Å². The van der Waals surface area contributed by atoms with E-state index in [4.69, 9.17) is 9.72 Å². The van der Waals surface area contributed by atoms with Crippen molar-refractivity contribution in [2.75, 3.05) is 13.7 Å². The Balaban J connectivity index is 2.24. The number of nitrogens with zero attached hydrogens (tertiary/aromatic N) is 3. The summed E-state index contributed by atoms with van der Waals surface area (Å²) >= 11 is 0. The molecule has 0 aliphatic heterocycles. The Bertz CT molecular complexity index is 1150. The van der Waals surface area contributed by atoms with Crippen LogP contribution in [-0.4, -0.2) is 39.7 Å². The fraction of sp³-hybridized carbons (Fsp3) is 0.400. The number of ether oxygens (including phenoxy) is 1. The van der Waals surface area contributed by atoms with Gasteiger partial charge in [0.2, 0.25) is 0 Å². The highest BCUT2D eigenvalue weighted by atomic mass is 16.5. The normalized spacial score (nSPS) is 12.4. The maximum absolute atomic E-state index is 13.6. The van der Waals surface area contributed by atoms with E-state index in [2.05, 4.69) is 5.32 Å². The molecule has 0 bridgehead atoms. The van der Waals surface area contributed by atoms with Gasteiger partial charge in [-0.05, 0) is 70.5 Å². The molecule has 170 valence electrons. The highest BCUT2D eigenvalue weighted by Gasteiger charge is 2.29. The van der Waals surface area contributed by atoms with Gasteiger partial charge in [0.15, 0.2) is 0 Å². The summed E-state index contributed by atoms with van der Waals surface area (Å²) in [6.45, 7) is 10.2. The van der Waals surface area contributed by atoms with E-state index in [0.29, 0.717) is 41.1 Å². The third kappa shape index (κ3) is 4.77. The largest absolute Gasteiger partial charge is 0.497 e. The summed E-state index contributed by atoms with van der Waals surface area (Å²) < 4.78 is 6.89. The van der Waals surface area contributed by atoms with Crippen molar-refractivity contribution in [2.45, 2.75) is 52.6 Å². The highest BCUT2D eigenvalue weighted by molar-refractivity contribution is 5.78. The molecule has 0 radical (unpaired) electrons. The molecule has 1 N–H and O–H groups in total. The van der Waals surface area contributed by atoms with E-state index in [1.54, 1.807) is 22.6 Å². The average Bonchev–Trinajstić information content (AvgIpc) is 2.76. The van der Waals surface area contributed by atoms with Gasteiger partial charge in [0.25, 0.3) is 5.56 Å². The van der Waals surface area contributed by atoms with Gasteiger partial charge in [-0.25, -0.2) is 9.78 Å². The Morgan fingerprint density at radius 2 is 1.78 bits per heavy atom. The molecular weight excluding hydrogens is 404 g/mol. The van der Waals surface area contributed by atoms with Crippen molar-refractivity contribution < 1.29 is 9.53 Å². The van der Waals surface area contributed by atoms with Crippen LogP contribution < -0.4 is 15.6 Å². The molecule has 0 saturated heterocycles. The first-order chi connectivity index (χ1) is 15.2. The van der Waals surface area contributed by atoms with Crippen molar-refractivity contribution in [2.24, 2.45) is 0 Å². The predicted octanol–water partition coefficient (Wildman–Crippen LogP) is 4.68. The van der Waals surface area contributed by atoms with E-state index in [1.165, 1.54) is 0 Å². The Morgan fingerprint density at radius 3 is 2.34 bits per heavy atom. The molecule has 7 nitrogen and oxygen atoms in total. The predicted molar refractivity (Wildman–Crippen MR) is 128 cm³/mol. The summed E-state index contributed by atoms with van der Waals surface area (Å²) in [6, 6.07) is 14.0. The quantitative estimate of drug-likeness (QED) is 0.609. The minimum absolute atomic E-state index is 0.165. The molecule has 0 saturated carbocycles. The van der Waals surface area contributed by atoms with Crippen molar-refractivity contribution in [1.29, 1.82) is 0 Å². The third-order valence-electron chi connectivity index (χ3n) is 5.28. The van der Waals surface area contributed by atoms with E-state index in [9.17, 15) is 9.59 Å². The maximum Gasteiger partial charge on any atom is 0.318 e. The molecule has 3 aromatic rings. The summed E-state index contributed by atoms with van der Waals surface area (Å²) in [7, 11) is 1.60. The summed E-state index contributed by atoms with van der Waals surface area (Å²) in [5, 5.41) is 3.57. The lowest BCUT2D eigenvalue weighted by atomic mass is 10.1. The minimum Gasteiger partial charge on any atom is -0.497 e. The molecule has 2 amide bonds. The molecule has 2 aromatic carbocycles. The van der Waals surface area contributed by atoms with Gasteiger partial charge in [-0.3, -0.25) is 9.36 Å². The lowest BCUT2D eigenvalue weighted by molar-refractivity contribution is 0.164. The lowest BCUT2D eigenvalue weighted by Gasteiger charge is -2.34. The van der Waals surface area contributed by atoms with Crippen LogP contribution in [0.1, 0.15) is 52.9 Å². The molecule has 0 spiro atoms. The second-order valence-electron chi connectivity index (χ2n) is 8.72. The second kappa shape index (κ2) is 9.42. The van der Waals surface area contributed by atoms with Gasteiger partial charge in [0.1, 0.15) is 11.6 Å². The second-order valence-corrected chi connectivity index (χ2v) is 8.72. The number of carbonyl (C=O) groups excluding carboxylic acids is 1. The molecule has 0 fully saturated rings. The Hall–Kier alpha value is -3.35. The molecule has 0 aliphatic rings. The zero-order chi connectivity index (χ0) is 23.5. The van der Waals surface area contributed by atoms with Crippen LogP contribution in [0.5, 0.6) is 5.75 Å². The Morgan fingerprint density at radius 1 is 1.12 bits per heavy atom. The summed E-state index contributed by atoms with van der Waals surface area (Å²) in [5.41, 5.74) is 0.745. The van der Waals surface area contributed by atoms with Crippen molar-refractivity contribution in [1.82, 2.24) is 19.8 Å². The van der Waals surface area contributed by atoms with Crippen LogP contribution in [0.2, 0.25) is 0 Å². The number of hydrogen-bond acceptors (Lipinski definition) is 4. The van der Waals surface area contributed by atoms with Gasteiger partial charge in [-0.2, -0.15) is 0 Å². The van der Waals surface area contributed by atoms with Crippen LogP contribution in [0.15, 0.2) is 53.3 Å². The summed E-state index contributed by atoms with van der Waals surface area (Å²) in [4.78, 5) is 33.4. The number of para-hydroxylation sites is 1. The van der Waals surface area contributed by atoms with Gasteiger partial charge in [0, 0.05) is 12.1 Å². The lowest BCUT2D eigenvalue weighted by Crippen LogP contribution is -2.50. The number of fused-ring (bicyclic) bond motifs is 1. The van der Waals surface area contributed by atoms with Gasteiger partial charge in [-0.15, -0.1) is 0 Å². The van der Waals surface area contributed by atoms with Gasteiger partial charge >= 0.3 is 6.03 Å². The first-order valence-corrected chi connectivity index (χ1v) is 10.9. The van der Waals surface area contributed by atoms with E-state index in [-0.39, 0.29) is 23.2 Å². The number of aromatic nitrogens is 2. The highest BCUT2D eigenvalue weighted by Crippen LogP contribution is 2.27. The van der Waals surface area contributed by atoms with Crippen LogP contribution in [0.25, 0.3) is 16.6 Å². The van der Waals surface area contributed by atoms with E-state index in [1.807, 2.05) is 77.1 Å². The zero-order valence-corrected chi connectivity index (χ0v) is 19.7. The summed E-state index contributed by atoms with van der Waals surface area (Å²) in [5.74, 6) is 1.23. The number of carbonyl (C=O) groups is 1. The molecule has 1 atom stereocenters. The average molecular weight is 437 g/mol. The van der Waals surface area contributed by atoms with Crippen molar-refractivity contribution in [3.05, 3.63) is 64.7 Å². The standard InChI is InChI=1S/C25H32N4O3/c1-7-21(28(8-2)24(31)27-25(3,4)5)22-26-20-12-10-9-11-19(20)23(30)29(22)17-13-15-18(32-6)16-14-17/h9-16,21H,7-8H2,1-6H3,(H,27,31). The molecule has 0 aliphatic carbocycles. The first-order valence-electron chi connectivity index (χ1n) is 10.9. The van der Waals surface area contributed by atoms with Crippen LogP contribution in [0.4, 0.5) is 4.79 Å². The topological polar surface area (TPSA) is 76.5 Å². The number of hydrogen-bond donors (Lipinski definition) is 1. The number of amides is 2. The molecular formula is C25H32N4O3. The smallest absolute Gasteiger partial charge is 0.318 e. The third-order valence-corrected chi connectivity index (χ3v) is 5.28. The molecule has 1 unspecified atom stereocenters. The fourth-order valence-electron chi connectivity index (χ4n) is 3.79.